The minimum absolute atomic E-state index is 0.570. The number of nitrogens with one attached hydrogen (secondary N) is 1. The highest BCUT2D eigenvalue weighted by Crippen LogP contribution is 2.12. The summed E-state index contributed by atoms with van der Waals surface area (Å²) in [4.78, 5) is 0. The van der Waals surface area contributed by atoms with Gasteiger partial charge in [0.1, 0.15) is 0 Å². The molecule has 0 radical (unpaired) electrons. The lowest BCUT2D eigenvalue weighted by Gasteiger charge is -2.10. The topological polar surface area (TPSA) is 21.3 Å². The van der Waals surface area contributed by atoms with E-state index < -0.39 is 0 Å². The summed E-state index contributed by atoms with van der Waals surface area (Å²) in [6.45, 7) is 2.69. The maximum atomic E-state index is 5.67. The average Bonchev–Trinajstić information content (AvgIpc) is 2.74. The molecular formula is C12H16BrNO. The smallest absolute Gasteiger partial charge is 0.0717 e. The Hall–Kier alpha value is -0.380. The van der Waals surface area contributed by atoms with Crippen LogP contribution in [-0.4, -0.2) is 19.2 Å². The van der Waals surface area contributed by atoms with Crippen molar-refractivity contribution in [3.05, 3.63) is 34.3 Å². The monoisotopic (exact) mass is 269 g/mol. The molecule has 0 bridgehead atoms. The first-order chi connectivity index (χ1) is 7.34. The van der Waals surface area contributed by atoms with E-state index in [1.165, 1.54) is 18.4 Å². The van der Waals surface area contributed by atoms with E-state index in [0.717, 1.165) is 17.6 Å². The first-order valence-electron chi connectivity index (χ1n) is 5.40. The number of benzene rings is 1. The minimum atomic E-state index is 0.570. The molecule has 1 aliphatic heterocycles. The highest BCUT2D eigenvalue weighted by atomic mass is 79.9. The van der Waals surface area contributed by atoms with Crippen LogP contribution in [0.2, 0.25) is 0 Å². The fourth-order valence-electron chi connectivity index (χ4n) is 1.80. The molecule has 1 heterocycles. The number of hydrogen-bond acceptors (Lipinski definition) is 2. The van der Waals surface area contributed by atoms with Crippen LogP contribution >= 0.6 is 15.9 Å². The number of hydrogen-bond donors (Lipinski definition) is 1. The van der Waals surface area contributed by atoms with Crippen LogP contribution < -0.4 is 5.32 Å². The molecular weight excluding hydrogens is 254 g/mol. The second-order valence-electron chi connectivity index (χ2n) is 3.93. The lowest BCUT2D eigenvalue weighted by Crippen LogP contribution is -2.26. The summed E-state index contributed by atoms with van der Waals surface area (Å²) in [5.41, 5.74) is 1.23. The van der Waals surface area contributed by atoms with Crippen molar-refractivity contribution in [2.75, 3.05) is 13.2 Å². The first kappa shape index (κ1) is 11.1. The number of ether oxygens (including phenoxy) is 1. The highest BCUT2D eigenvalue weighted by Gasteiger charge is 2.13. The standard InChI is InChI=1S/C12H16BrNO/c13-11-5-3-10(4-6-11)8-15-9-12-2-1-7-14-12/h3-6,12,14H,1-2,7-9H2/t12-/m0/s1. The maximum absolute atomic E-state index is 5.67. The lowest BCUT2D eigenvalue weighted by molar-refractivity contribution is 0.103. The summed E-state index contributed by atoms with van der Waals surface area (Å²) in [5.74, 6) is 0. The van der Waals surface area contributed by atoms with E-state index in [2.05, 4.69) is 33.4 Å². The van der Waals surface area contributed by atoms with E-state index in [0.29, 0.717) is 12.6 Å². The van der Waals surface area contributed by atoms with Gasteiger partial charge in [0, 0.05) is 10.5 Å². The van der Waals surface area contributed by atoms with Gasteiger partial charge in [-0.3, -0.25) is 0 Å². The van der Waals surface area contributed by atoms with Gasteiger partial charge in [0.05, 0.1) is 13.2 Å². The molecule has 0 unspecified atom stereocenters. The third-order valence-electron chi connectivity index (χ3n) is 2.66. The van der Waals surface area contributed by atoms with Gasteiger partial charge in [-0.2, -0.15) is 0 Å². The highest BCUT2D eigenvalue weighted by molar-refractivity contribution is 9.10. The van der Waals surface area contributed by atoms with Gasteiger partial charge in [-0.05, 0) is 37.1 Å². The molecule has 2 nitrogen and oxygen atoms in total. The molecule has 0 aliphatic carbocycles. The Morgan fingerprint density at radius 3 is 2.80 bits per heavy atom. The van der Waals surface area contributed by atoms with E-state index in [1.807, 2.05) is 12.1 Å². The quantitative estimate of drug-likeness (QED) is 0.908. The predicted octanol–water partition coefficient (Wildman–Crippen LogP) is 2.72. The molecule has 0 aromatic heterocycles. The zero-order valence-corrected chi connectivity index (χ0v) is 10.3. The van der Waals surface area contributed by atoms with E-state index in [4.69, 9.17) is 4.74 Å². The number of rotatable bonds is 4. The summed E-state index contributed by atoms with van der Waals surface area (Å²) in [7, 11) is 0. The maximum Gasteiger partial charge on any atom is 0.0717 e. The summed E-state index contributed by atoms with van der Waals surface area (Å²) in [6, 6.07) is 8.85. The molecule has 1 aromatic rings. The van der Waals surface area contributed by atoms with Crippen LogP contribution in [0.25, 0.3) is 0 Å². The Bertz CT molecular complexity index is 293. The molecule has 3 heteroatoms. The van der Waals surface area contributed by atoms with Gasteiger partial charge in [-0.25, -0.2) is 0 Å². The normalized spacial score (nSPS) is 20.7. The van der Waals surface area contributed by atoms with Crippen molar-refractivity contribution in [2.24, 2.45) is 0 Å². The zero-order valence-electron chi connectivity index (χ0n) is 8.71. The molecule has 0 amide bonds. The van der Waals surface area contributed by atoms with Crippen LogP contribution in [0.15, 0.2) is 28.7 Å². The SMILES string of the molecule is Brc1ccc(COC[C@@H]2CCCN2)cc1. The molecule has 82 valence electrons. The first-order valence-corrected chi connectivity index (χ1v) is 6.19. The van der Waals surface area contributed by atoms with Crippen LogP contribution in [0.1, 0.15) is 18.4 Å². The van der Waals surface area contributed by atoms with Gasteiger partial charge >= 0.3 is 0 Å². The van der Waals surface area contributed by atoms with Gasteiger partial charge in [-0.1, -0.05) is 28.1 Å². The third-order valence-corrected chi connectivity index (χ3v) is 3.19. The molecule has 1 fully saturated rings. The molecule has 1 aromatic carbocycles. The molecule has 2 rings (SSSR count). The molecule has 0 spiro atoms. The van der Waals surface area contributed by atoms with E-state index in [-0.39, 0.29) is 0 Å². The van der Waals surface area contributed by atoms with Crippen LogP contribution in [-0.2, 0) is 11.3 Å². The molecule has 1 aliphatic rings. The lowest BCUT2D eigenvalue weighted by atomic mass is 10.2. The van der Waals surface area contributed by atoms with Crippen molar-refractivity contribution >= 4 is 15.9 Å². The largest absolute Gasteiger partial charge is 0.375 e. The van der Waals surface area contributed by atoms with Crippen LogP contribution in [0.5, 0.6) is 0 Å². The van der Waals surface area contributed by atoms with Crippen molar-refractivity contribution in [1.82, 2.24) is 5.32 Å². The van der Waals surface area contributed by atoms with Crippen molar-refractivity contribution in [1.29, 1.82) is 0 Å². The third kappa shape index (κ3) is 3.59. The van der Waals surface area contributed by atoms with Crippen LogP contribution in [0.3, 0.4) is 0 Å². The molecule has 15 heavy (non-hydrogen) atoms. The Balaban J connectivity index is 1.71. The second-order valence-corrected chi connectivity index (χ2v) is 4.85. The zero-order chi connectivity index (χ0) is 10.5. The summed E-state index contributed by atoms with van der Waals surface area (Å²) in [6.07, 6.45) is 2.53. The average molecular weight is 270 g/mol. The Labute approximate surface area is 99.1 Å². The Morgan fingerprint density at radius 1 is 1.33 bits per heavy atom. The van der Waals surface area contributed by atoms with Crippen molar-refractivity contribution in [3.63, 3.8) is 0 Å². The fourth-order valence-corrected chi connectivity index (χ4v) is 2.06. The molecule has 1 N–H and O–H groups in total. The number of halogens is 1. The van der Waals surface area contributed by atoms with Crippen molar-refractivity contribution in [3.8, 4) is 0 Å². The van der Waals surface area contributed by atoms with Crippen molar-refractivity contribution in [2.45, 2.75) is 25.5 Å². The summed E-state index contributed by atoms with van der Waals surface area (Å²) in [5, 5.41) is 3.42. The van der Waals surface area contributed by atoms with Gasteiger partial charge in [0.2, 0.25) is 0 Å². The summed E-state index contributed by atoms with van der Waals surface area (Å²) < 4.78 is 6.78. The van der Waals surface area contributed by atoms with Crippen molar-refractivity contribution < 1.29 is 4.74 Å². The van der Waals surface area contributed by atoms with Crippen LogP contribution in [0, 0.1) is 0 Å². The predicted molar refractivity (Wildman–Crippen MR) is 64.8 cm³/mol. The Morgan fingerprint density at radius 2 is 2.13 bits per heavy atom. The van der Waals surface area contributed by atoms with E-state index in [9.17, 15) is 0 Å². The van der Waals surface area contributed by atoms with Gasteiger partial charge in [0.15, 0.2) is 0 Å². The fraction of sp³-hybridized carbons (Fsp3) is 0.500. The van der Waals surface area contributed by atoms with E-state index >= 15 is 0 Å². The molecule has 1 atom stereocenters. The minimum Gasteiger partial charge on any atom is -0.375 e. The second kappa shape index (κ2) is 5.64. The van der Waals surface area contributed by atoms with Crippen LogP contribution in [0.4, 0.5) is 0 Å². The van der Waals surface area contributed by atoms with Gasteiger partial charge < -0.3 is 10.1 Å². The summed E-state index contributed by atoms with van der Waals surface area (Å²) >= 11 is 3.42. The Kier molecular flexibility index (Phi) is 4.18. The van der Waals surface area contributed by atoms with Gasteiger partial charge in [-0.15, -0.1) is 0 Å². The molecule has 1 saturated heterocycles. The molecule has 0 saturated carbocycles. The van der Waals surface area contributed by atoms with E-state index in [1.54, 1.807) is 0 Å². The van der Waals surface area contributed by atoms with Gasteiger partial charge in [0.25, 0.3) is 0 Å².